The summed E-state index contributed by atoms with van der Waals surface area (Å²) in [6.45, 7) is 9.18. The topological polar surface area (TPSA) is 83.0 Å². The SMILES string of the molecule is CCNC(=NCCNC(=O)C(C)C)N1CCC(C(=O)OC)CC1. The number of rotatable bonds is 6. The van der Waals surface area contributed by atoms with Gasteiger partial charge in [-0.2, -0.15) is 0 Å². The van der Waals surface area contributed by atoms with Gasteiger partial charge in [0, 0.05) is 32.1 Å². The Labute approximate surface area is 138 Å². The van der Waals surface area contributed by atoms with E-state index >= 15 is 0 Å². The molecule has 1 aliphatic rings. The summed E-state index contributed by atoms with van der Waals surface area (Å²) in [6.07, 6.45) is 1.56. The van der Waals surface area contributed by atoms with Crippen molar-refractivity contribution in [3.63, 3.8) is 0 Å². The number of aliphatic imine (C=N–C) groups is 1. The average molecular weight is 326 g/mol. The second kappa shape index (κ2) is 10.1. The predicted octanol–water partition coefficient (Wildman–Crippen LogP) is 0.609. The molecule has 0 radical (unpaired) electrons. The van der Waals surface area contributed by atoms with Crippen LogP contribution in [0.3, 0.4) is 0 Å². The van der Waals surface area contributed by atoms with Gasteiger partial charge in [-0.1, -0.05) is 13.8 Å². The molecule has 0 aromatic heterocycles. The Kier molecular flexibility index (Phi) is 8.43. The zero-order chi connectivity index (χ0) is 17.2. The van der Waals surface area contributed by atoms with Crippen molar-refractivity contribution in [2.75, 3.05) is 39.8 Å². The van der Waals surface area contributed by atoms with Crippen molar-refractivity contribution in [1.82, 2.24) is 15.5 Å². The Morgan fingerprint density at radius 3 is 2.43 bits per heavy atom. The van der Waals surface area contributed by atoms with Gasteiger partial charge in [0.2, 0.25) is 5.91 Å². The summed E-state index contributed by atoms with van der Waals surface area (Å²) >= 11 is 0. The van der Waals surface area contributed by atoms with Crippen molar-refractivity contribution >= 4 is 17.8 Å². The van der Waals surface area contributed by atoms with Crippen molar-refractivity contribution in [1.29, 1.82) is 0 Å². The van der Waals surface area contributed by atoms with E-state index in [1.165, 1.54) is 7.11 Å². The lowest BCUT2D eigenvalue weighted by Crippen LogP contribution is -2.47. The van der Waals surface area contributed by atoms with Gasteiger partial charge < -0.3 is 20.3 Å². The van der Waals surface area contributed by atoms with Crippen LogP contribution in [0, 0.1) is 11.8 Å². The lowest BCUT2D eigenvalue weighted by atomic mass is 9.97. The van der Waals surface area contributed by atoms with Crippen LogP contribution in [0.25, 0.3) is 0 Å². The number of carbonyl (C=O) groups excluding carboxylic acids is 2. The molecule has 132 valence electrons. The second-order valence-corrected chi connectivity index (χ2v) is 5.97. The van der Waals surface area contributed by atoms with E-state index in [1.54, 1.807) is 0 Å². The van der Waals surface area contributed by atoms with Crippen LogP contribution in [0.15, 0.2) is 4.99 Å². The minimum atomic E-state index is -0.122. The van der Waals surface area contributed by atoms with Crippen molar-refractivity contribution < 1.29 is 14.3 Å². The molecule has 7 heteroatoms. The standard InChI is InChI=1S/C16H30N4O3/c1-5-17-16(19-9-8-18-14(21)12(2)3)20-10-6-13(7-11-20)15(22)23-4/h12-13H,5-11H2,1-4H3,(H,17,19)(H,18,21). The molecule has 0 unspecified atom stereocenters. The Bertz CT molecular complexity index is 416. The number of piperidine rings is 1. The van der Waals surface area contributed by atoms with Crippen LogP contribution in [0.5, 0.6) is 0 Å². The molecular weight excluding hydrogens is 296 g/mol. The molecule has 23 heavy (non-hydrogen) atoms. The molecule has 1 aliphatic heterocycles. The first-order valence-corrected chi connectivity index (χ1v) is 8.38. The fraction of sp³-hybridized carbons (Fsp3) is 0.812. The zero-order valence-corrected chi connectivity index (χ0v) is 14.7. The van der Waals surface area contributed by atoms with Crippen LogP contribution in [-0.2, 0) is 14.3 Å². The smallest absolute Gasteiger partial charge is 0.308 e. The number of nitrogens with zero attached hydrogens (tertiary/aromatic N) is 2. The van der Waals surface area contributed by atoms with Crippen LogP contribution in [-0.4, -0.2) is 62.6 Å². The van der Waals surface area contributed by atoms with E-state index in [9.17, 15) is 9.59 Å². The number of hydrogen-bond acceptors (Lipinski definition) is 4. The third kappa shape index (κ3) is 6.46. The van der Waals surface area contributed by atoms with Gasteiger partial charge in [0.25, 0.3) is 0 Å². The monoisotopic (exact) mass is 326 g/mol. The molecule has 1 amide bonds. The molecule has 1 fully saturated rings. The van der Waals surface area contributed by atoms with Crippen LogP contribution >= 0.6 is 0 Å². The highest BCUT2D eigenvalue weighted by Gasteiger charge is 2.26. The number of guanidine groups is 1. The number of ether oxygens (including phenoxy) is 1. The van der Waals surface area contributed by atoms with Crippen LogP contribution < -0.4 is 10.6 Å². The average Bonchev–Trinajstić information content (AvgIpc) is 2.56. The minimum Gasteiger partial charge on any atom is -0.469 e. The quantitative estimate of drug-likeness (QED) is 0.323. The molecule has 0 bridgehead atoms. The molecule has 0 aromatic rings. The molecule has 1 saturated heterocycles. The van der Waals surface area contributed by atoms with Crippen molar-refractivity contribution in [3.8, 4) is 0 Å². The minimum absolute atomic E-state index is 0.00966. The fourth-order valence-corrected chi connectivity index (χ4v) is 2.46. The van der Waals surface area contributed by atoms with E-state index in [-0.39, 0.29) is 23.7 Å². The van der Waals surface area contributed by atoms with E-state index < -0.39 is 0 Å². The largest absolute Gasteiger partial charge is 0.469 e. The Morgan fingerprint density at radius 1 is 1.26 bits per heavy atom. The Hall–Kier alpha value is -1.79. The summed E-state index contributed by atoms with van der Waals surface area (Å²) in [6, 6.07) is 0. The first-order chi connectivity index (χ1) is 11.0. The third-order valence-corrected chi connectivity index (χ3v) is 3.86. The molecule has 0 spiro atoms. The summed E-state index contributed by atoms with van der Waals surface area (Å²) in [5.74, 6) is 0.746. The molecular formula is C16H30N4O3. The van der Waals surface area contributed by atoms with E-state index in [4.69, 9.17) is 4.74 Å². The number of amides is 1. The summed E-state index contributed by atoms with van der Waals surface area (Å²) < 4.78 is 4.81. The van der Waals surface area contributed by atoms with Gasteiger partial charge in [0.15, 0.2) is 5.96 Å². The number of hydrogen-bond donors (Lipinski definition) is 2. The van der Waals surface area contributed by atoms with Crippen molar-refractivity contribution in [2.45, 2.75) is 33.6 Å². The van der Waals surface area contributed by atoms with E-state index in [0.29, 0.717) is 13.1 Å². The van der Waals surface area contributed by atoms with Crippen molar-refractivity contribution in [3.05, 3.63) is 0 Å². The summed E-state index contributed by atoms with van der Waals surface area (Å²) in [4.78, 5) is 29.8. The zero-order valence-electron chi connectivity index (χ0n) is 14.7. The Balaban J connectivity index is 2.47. The van der Waals surface area contributed by atoms with Gasteiger partial charge in [0.05, 0.1) is 19.6 Å². The molecule has 7 nitrogen and oxygen atoms in total. The van der Waals surface area contributed by atoms with E-state index in [1.807, 2.05) is 20.8 Å². The fourth-order valence-electron chi connectivity index (χ4n) is 2.46. The van der Waals surface area contributed by atoms with Crippen LogP contribution in [0.2, 0.25) is 0 Å². The molecule has 0 aliphatic carbocycles. The molecule has 1 heterocycles. The van der Waals surface area contributed by atoms with Crippen LogP contribution in [0.1, 0.15) is 33.6 Å². The molecule has 1 rings (SSSR count). The highest BCUT2D eigenvalue weighted by atomic mass is 16.5. The van der Waals surface area contributed by atoms with Crippen molar-refractivity contribution in [2.24, 2.45) is 16.8 Å². The van der Waals surface area contributed by atoms with E-state index in [2.05, 4.69) is 20.5 Å². The Morgan fingerprint density at radius 2 is 1.91 bits per heavy atom. The summed E-state index contributed by atoms with van der Waals surface area (Å²) in [5.41, 5.74) is 0. The maximum absolute atomic E-state index is 11.6. The maximum Gasteiger partial charge on any atom is 0.308 e. The molecule has 0 atom stereocenters. The van der Waals surface area contributed by atoms with E-state index in [0.717, 1.165) is 38.4 Å². The second-order valence-electron chi connectivity index (χ2n) is 5.97. The first-order valence-electron chi connectivity index (χ1n) is 8.38. The lowest BCUT2D eigenvalue weighted by molar-refractivity contribution is -0.146. The molecule has 0 aromatic carbocycles. The number of likely N-dealkylation sites (tertiary alicyclic amines) is 1. The highest BCUT2D eigenvalue weighted by Crippen LogP contribution is 2.18. The van der Waals surface area contributed by atoms with Crippen LogP contribution in [0.4, 0.5) is 0 Å². The molecule has 0 saturated carbocycles. The summed E-state index contributed by atoms with van der Waals surface area (Å²) in [7, 11) is 1.44. The number of nitrogens with one attached hydrogen (secondary N) is 2. The third-order valence-electron chi connectivity index (χ3n) is 3.86. The normalized spacial score (nSPS) is 16.4. The van der Waals surface area contributed by atoms with Gasteiger partial charge in [-0.05, 0) is 19.8 Å². The van der Waals surface area contributed by atoms with Gasteiger partial charge >= 0.3 is 5.97 Å². The predicted molar refractivity (Wildman–Crippen MR) is 90.1 cm³/mol. The highest BCUT2D eigenvalue weighted by molar-refractivity contribution is 5.81. The summed E-state index contributed by atoms with van der Waals surface area (Å²) in [5, 5.41) is 6.13. The van der Waals surface area contributed by atoms with Gasteiger partial charge in [0.1, 0.15) is 0 Å². The van der Waals surface area contributed by atoms with Gasteiger partial charge in [-0.15, -0.1) is 0 Å². The van der Waals surface area contributed by atoms with Gasteiger partial charge in [-0.3, -0.25) is 14.6 Å². The molecule has 2 N–H and O–H groups in total. The maximum atomic E-state index is 11.6. The number of esters is 1. The van der Waals surface area contributed by atoms with Gasteiger partial charge in [-0.25, -0.2) is 0 Å². The first kappa shape index (κ1) is 19.3. The number of carbonyl (C=O) groups is 2. The number of methoxy groups -OCH3 is 1. The lowest BCUT2D eigenvalue weighted by Gasteiger charge is -2.33.